The van der Waals surface area contributed by atoms with E-state index in [9.17, 15) is 19.5 Å². The number of hydrogen-bond donors (Lipinski definition) is 3. The maximum Gasteiger partial charge on any atom is 0.329 e. The summed E-state index contributed by atoms with van der Waals surface area (Å²) in [6.07, 6.45) is 2.09. The minimum absolute atomic E-state index is 0.148. The topological polar surface area (TPSA) is 161 Å². The van der Waals surface area contributed by atoms with Gasteiger partial charge in [-0.05, 0) is 60.2 Å². The van der Waals surface area contributed by atoms with Gasteiger partial charge in [0.25, 0.3) is 0 Å². The molecule has 1 atom stereocenters. The van der Waals surface area contributed by atoms with Gasteiger partial charge in [-0.2, -0.15) is 0 Å². The minimum Gasteiger partial charge on any atom is -0.507 e. The Hall–Kier alpha value is -5.37. The number of piperidine rings is 1. The SMILES string of the molecule is Cn1c(=O)n(C2CCC(=O)NC2=O)c2cccc(CCCOCCN3CCN(Cc4ccc(-c5cc(-c6ccccc6O)nnc5N)cc4)CC3)c21. The van der Waals surface area contributed by atoms with Crippen molar-refractivity contribution < 1.29 is 19.4 Å². The number of phenols is 1. The Balaban J connectivity index is 0.847. The summed E-state index contributed by atoms with van der Waals surface area (Å²) in [6.45, 7) is 6.95. The van der Waals surface area contributed by atoms with Crippen molar-refractivity contribution in [1.29, 1.82) is 0 Å². The van der Waals surface area contributed by atoms with Crippen molar-refractivity contribution in [2.24, 2.45) is 7.05 Å². The average Bonchev–Trinajstić information content (AvgIpc) is 3.40. The zero-order valence-corrected chi connectivity index (χ0v) is 29.3. The summed E-state index contributed by atoms with van der Waals surface area (Å²) in [4.78, 5) is 42.3. The van der Waals surface area contributed by atoms with Crippen molar-refractivity contribution in [3.63, 3.8) is 0 Å². The van der Waals surface area contributed by atoms with E-state index in [1.807, 2.05) is 30.3 Å². The number of fused-ring (bicyclic) bond motifs is 1. The van der Waals surface area contributed by atoms with Crippen LogP contribution < -0.4 is 16.7 Å². The predicted molar refractivity (Wildman–Crippen MR) is 198 cm³/mol. The Morgan fingerprint density at radius 1 is 0.904 bits per heavy atom. The van der Waals surface area contributed by atoms with E-state index < -0.39 is 11.9 Å². The zero-order chi connectivity index (χ0) is 36.2. The molecule has 52 heavy (non-hydrogen) atoms. The summed E-state index contributed by atoms with van der Waals surface area (Å²) in [7, 11) is 1.73. The minimum atomic E-state index is -0.690. The van der Waals surface area contributed by atoms with Crippen LogP contribution >= 0.6 is 0 Å². The number of ether oxygens (including phenoxy) is 1. The molecule has 2 fully saturated rings. The van der Waals surface area contributed by atoms with Crippen molar-refractivity contribution >= 4 is 28.7 Å². The molecule has 0 bridgehead atoms. The standard InChI is InChI=1S/C39H44N8O5/c1-44-36-28(6-4-9-32(36)47(39(44)51)33-15-16-35(49)41-38(33)50)7-5-22-52-23-21-45-17-19-46(20-18-45)25-26-11-13-27(14-12-26)30-24-31(42-43-37(30)40)29-8-2-3-10-34(29)48/h2-4,6,8-14,24,33,48H,5,7,15-23,25H2,1H3,(H2,40,43)(H,41,49,50). The second-order valence-electron chi connectivity index (χ2n) is 13.5. The van der Waals surface area contributed by atoms with Crippen LogP contribution in [0.3, 0.4) is 0 Å². The highest BCUT2D eigenvalue weighted by atomic mass is 16.5. The number of piperazine rings is 1. The monoisotopic (exact) mass is 704 g/mol. The molecule has 0 aliphatic carbocycles. The van der Waals surface area contributed by atoms with Crippen molar-refractivity contribution in [2.45, 2.75) is 38.3 Å². The van der Waals surface area contributed by atoms with E-state index in [0.717, 1.165) is 74.3 Å². The lowest BCUT2D eigenvalue weighted by Crippen LogP contribution is -2.46. The molecule has 5 aromatic rings. The van der Waals surface area contributed by atoms with E-state index in [2.05, 4.69) is 49.6 Å². The van der Waals surface area contributed by atoms with Gasteiger partial charge in [0.2, 0.25) is 11.8 Å². The van der Waals surface area contributed by atoms with Crippen LogP contribution in [-0.4, -0.2) is 92.0 Å². The normalized spacial score (nSPS) is 17.1. The quantitative estimate of drug-likeness (QED) is 0.130. The third kappa shape index (κ3) is 7.47. The number of amides is 2. The molecule has 13 nitrogen and oxygen atoms in total. The van der Waals surface area contributed by atoms with Gasteiger partial charge in [-0.3, -0.25) is 33.8 Å². The van der Waals surface area contributed by atoms with Crippen molar-refractivity contribution in [3.8, 4) is 28.1 Å². The van der Waals surface area contributed by atoms with Crippen LogP contribution in [0, 0.1) is 0 Å². The molecule has 2 aliphatic heterocycles. The van der Waals surface area contributed by atoms with E-state index >= 15 is 0 Å². The number of hydrogen-bond acceptors (Lipinski definition) is 10. The maximum atomic E-state index is 13.2. The Labute approximate surface area is 301 Å². The highest BCUT2D eigenvalue weighted by Gasteiger charge is 2.31. The van der Waals surface area contributed by atoms with Gasteiger partial charge in [0.1, 0.15) is 11.8 Å². The number of benzene rings is 3. The molecule has 4 heterocycles. The summed E-state index contributed by atoms with van der Waals surface area (Å²) < 4.78 is 9.16. The molecule has 0 spiro atoms. The van der Waals surface area contributed by atoms with Crippen LogP contribution in [0.5, 0.6) is 5.75 Å². The third-order valence-corrected chi connectivity index (χ3v) is 10.1. The van der Waals surface area contributed by atoms with Gasteiger partial charge in [0.15, 0.2) is 5.82 Å². The predicted octanol–water partition coefficient (Wildman–Crippen LogP) is 3.50. The first kappa shape index (κ1) is 35.1. The molecule has 4 N–H and O–H groups in total. The van der Waals surface area contributed by atoms with Gasteiger partial charge in [-0.15, -0.1) is 10.2 Å². The first-order valence-corrected chi connectivity index (χ1v) is 17.8. The second-order valence-corrected chi connectivity index (χ2v) is 13.5. The number of aromatic nitrogens is 4. The number of nitrogen functional groups attached to an aromatic ring is 1. The number of nitrogens with zero attached hydrogens (tertiary/aromatic N) is 6. The number of para-hydroxylation sites is 2. The lowest BCUT2D eigenvalue weighted by atomic mass is 10.0. The van der Waals surface area contributed by atoms with Gasteiger partial charge < -0.3 is 15.6 Å². The summed E-state index contributed by atoms with van der Waals surface area (Å²) in [6, 6.07) is 22.4. The van der Waals surface area contributed by atoms with Gasteiger partial charge in [-0.25, -0.2) is 4.79 Å². The number of carbonyl (C=O) groups is 2. The van der Waals surface area contributed by atoms with E-state index in [1.54, 1.807) is 29.8 Å². The molecule has 7 rings (SSSR count). The van der Waals surface area contributed by atoms with Gasteiger partial charge in [-0.1, -0.05) is 48.5 Å². The fraction of sp³-hybridized carbons (Fsp3) is 0.359. The largest absolute Gasteiger partial charge is 0.507 e. The van der Waals surface area contributed by atoms with E-state index in [-0.39, 0.29) is 23.8 Å². The zero-order valence-electron chi connectivity index (χ0n) is 29.3. The molecule has 2 aromatic heterocycles. The number of phenolic OH excluding ortho intramolecular Hbond substituents is 1. The summed E-state index contributed by atoms with van der Waals surface area (Å²) >= 11 is 0. The van der Waals surface area contributed by atoms with Crippen molar-refractivity contribution in [1.82, 2.24) is 34.4 Å². The number of rotatable bonds is 12. The van der Waals surface area contributed by atoms with E-state index in [0.29, 0.717) is 42.2 Å². The first-order valence-electron chi connectivity index (χ1n) is 17.8. The summed E-state index contributed by atoms with van der Waals surface area (Å²) in [5, 5.41) is 21.0. The highest BCUT2D eigenvalue weighted by molar-refractivity contribution is 6.00. The number of nitrogens with one attached hydrogen (secondary N) is 1. The molecule has 270 valence electrons. The fourth-order valence-electron chi connectivity index (χ4n) is 7.28. The second kappa shape index (κ2) is 15.5. The highest BCUT2D eigenvalue weighted by Crippen LogP contribution is 2.32. The molecule has 3 aromatic carbocycles. The Kier molecular flexibility index (Phi) is 10.4. The molecular formula is C39H44N8O5. The molecule has 2 aliphatic rings. The molecule has 13 heteroatoms. The van der Waals surface area contributed by atoms with Crippen molar-refractivity contribution in [2.75, 3.05) is 51.7 Å². The number of anilines is 1. The molecule has 0 saturated carbocycles. The Morgan fingerprint density at radius 2 is 1.67 bits per heavy atom. The Bertz CT molecular complexity index is 2140. The van der Waals surface area contributed by atoms with Crippen molar-refractivity contribution in [3.05, 3.63) is 94.4 Å². The third-order valence-electron chi connectivity index (χ3n) is 10.1. The summed E-state index contributed by atoms with van der Waals surface area (Å²) in [5.41, 5.74) is 12.6. The number of imidazole rings is 1. The number of carbonyl (C=O) groups excluding carboxylic acids is 2. The molecule has 0 radical (unpaired) electrons. The fourth-order valence-corrected chi connectivity index (χ4v) is 7.28. The van der Waals surface area contributed by atoms with Crippen LogP contribution in [-0.2, 0) is 34.3 Å². The van der Waals surface area contributed by atoms with E-state index in [1.165, 1.54) is 10.1 Å². The smallest absolute Gasteiger partial charge is 0.329 e. The van der Waals surface area contributed by atoms with Gasteiger partial charge in [0, 0.05) is 70.5 Å². The Morgan fingerprint density at radius 3 is 2.44 bits per heavy atom. The molecule has 1 unspecified atom stereocenters. The van der Waals surface area contributed by atoms with Gasteiger partial charge in [0.05, 0.1) is 23.3 Å². The molecular weight excluding hydrogens is 660 g/mol. The van der Waals surface area contributed by atoms with Crippen LogP contribution in [0.25, 0.3) is 33.4 Å². The average molecular weight is 705 g/mol. The number of imide groups is 1. The lowest BCUT2D eigenvalue weighted by Gasteiger charge is -2.34. The first-order chi connectivity index (χ1) is 25.3. The van der Waals surface area contributed by atoms with Crippen LogP contribution in [0.15, 0.2) is 77.6 Å². The summed E-state index contributed by atoms with van der Waals surface area (Å²) in [5.74, 6) is -0.234. The maximum absolute atomic E-state index is 13.2. The van der Waals surface area contributed by atoms with Crippen LogP contribution in [0.1, 0.15) is 36.4 Å². The number of aryl methyl sites for hydroxylation is 2. The molecule has 2 saturated heterocycles. The number of nitrogens with two attached hydrogens (primary N) is 1. The lowest BCUT2D eigenvalue weighted by molar-refractivity contribution is -0.135. The van der Waals surface area contributed by atoms with Gasteiger partial charge >= 0.3 is 5.69 Å². The number of aromatic hydroxyl groups is 1. The molecule has 2 amide bonds. The van der Waals surface area contributed by atoms with Crippen LogP contribution in [0.2, 0.25) is 0 Å². The van der Waals surface area contributed by atoms with Crippen LogP contribution in [0.4, 0.5) is 5.82 Å². The van der Waals surface area contributed by atoms with E-state index in [4.69, 9.17) is 10.5 Å².